The van der Waals surface area contributed by atoms with E-state index in [-0.39, 0.29) is 11.8 Å². The van der Waals surface area contributed by atoms with Crippen molar-refractivity contribution in [2.75, 3.05) is 0 Å². The Morgan fingerprint density at radius 2 is 1.47 bits per heavy atom. The molecule has 0 atom stereocenters. The van der Waals surface area contributed by atoms with Crippen LogP contribution in [0.2, 0.25) is 0 Å². The maximum absolute atomic E-state index is 12.7. The standard InChI is InChI=1S/C14H17F3IN/c1-8(2)10-6-5-7-11(9(3)4)12(10)19-13(18)14(15,16)17/h5-9H,1-4H3. The van der Waals surface area contributed by atoms with Crippen molar-refractivity contribution in [3.63, 3.8) is 0 Å². The summed E-state index contributed by atoms with van der Waals surface area (Å²) in [4.78, 5) is 3.85. The van der Waals surface area contributed by atoms with Crippen LogP contribution < -0.4 is 0 Å². The molecule has 0 N–H and O–H groups in total. The highest BCUT2D eigenvalue weighted by Crippen LogP contribution is 2.36. The summed E-state index contributed by atoms with van der Waals surface area (Å²) in [5.41, 5.74) is 2.17. The normalized spacial score (nSPS) is 13.5. The first-order chi connectivity index (χ1) is 8.64. The molecular weight excluding hydrogens is 366 g/mol. The summed E-state index contributed by atoms with van der Waals surface area (Å²) >= 11 is 1.26. The lowest BCUT2D eigenvalue weighted by Crippen LogP contribution is -2.16. The second kappa shape index (κ2) is 6.24. The highest BCUT2D eigenvalue weighted by Gasteiger charge is 2.34. The average molecular weight is 383 g/mol. The molecule has 0 aliphatic heterocycles. The molecule has 0 saturated heterocycles. The Balaban J connectivity index is 3.46. The van der Waals surface area contributed by atoms with E-state index in [2.05, 4.69) is 4.99 Å². The third-order valence-electron chi connectivity index (χ3n) is 2.79. The van der Waals surface area contributed by atoms with Gasteiger partial charge in [0.05, 0.1) is 5.69 Å². The van der Waals surface area contributed by atoms with E-state index in [0.29, 0.717) is 5.69 Å². The van der Waals surface area contributed by atoms with Crippen LogP contribution in [0.1, 0.15) is 50.7 Å². The van der Waals surface area contributed by atoms with E-state index in [1.54, 1.807) is 0 Å². The molecule has 106 valence electrons. The zero-order valence-corrected chi connectivity index (χ0v) is 13.5. The molecule has 0 unspecified atom stereocenters. The predicted molar refractivity (Wildman–Crippen MR) is 81.8 cm³/mol. The van der Waals surface area contributed by atoms with Crippen molar-refractivity contribution in [3.05, 3.63) is 29.3 Å². The van der Waals surface area contributed by atoms with E-state index in [9.17, 15) is 13.2 Å². The Labute approximate surface area is 125 Å². The van der Waals surface area contributed by atoms with Crippen molar-refractivity contribution < 1.29 is 13.2 Å². The molecule has 0 aliphatic carbocycles. The van der Waals surface area contributed by atoms with Crippen molar-refractivity contribution >= 4 is 32.0 Å². The van der Waals surface area contributed by atoms with Crippen molar-refractivity contribution in [1.29, 1.82) is 0 Å². The monoisotopic (exact) mass is 383 g/mol. The van der Waals surface area contributed by atoms with Gasteiger partial charge in [-0.1, -0.05) is 45.9 Å². The van der Waals surface area contributed by atoms with Gasteiger partial charge in [-0.25, -0.2) is 4.99 Å². The maximum atomic E-state index is 12.7. The van der Waals surface area contributed by atoms with Gasteiger partial charge < -0.3 is 0 Å². The van der Waals surface area contributed by atoms with Crippen LogP contribution in [0.3, 0.4) is 0 Å². The molecule has 0 bridgehead atoms. The Bertz CT molecular complexity index is 450. The lowest BCUT2D eigenvalue weighted by Gasteiger charge is -2.17. The number of hydrogen-bond acceptors (Lipinski definition) is 1. The number of aliphatic imine (C=N–C) groups is 1. The highest BCUT2D eigenvalue weighted by molar-refractivity contribution is 14.1. The molecule has 0 amide bonds. The van der Waals surface area contributed by atoms with E-state index >= 15 is 0 Å². The van der Waals surface area contributed by atoms with Gasteiger partial charge >= 0.3 is 6.18 Å². The highest BCUT2D eigenvalue weighted by atomic mass is 127. The molecule has 5 heteroatoms. The van der Waals surface area contributed by atoms with E-state index in [1.807, 2.05) is 45.9 Å². The first kappa shape index (κ1) is 16.5. The summed E-state index contributed by atoms with van der Waals surface area (Å²) in [6.07, 6.45) is -4.39. The van der Waals surface area contributed by atoms with Crippen LogP contribution >= 0.6 is 22.6 Å². The molecule has 1 aromatic carbocycles. The number of alkyl halides is 3. The summed E-state index contributed by atoms with van der Waals surface area (Å²) in [6.45, 7) is 7.83. The molecule has 1 aromatic rings. The van der Waals surface area contributed by atoms with Crippen LogP contribution in [0.4, 0.5) is 18.9 Å². The summed E-state index contributed by atoms with van der Waals surface area (Å²) in [6, 6.07) is 5.56. The van der Waals surface area contributed by atoms with Gasteiger partial charge in [0.2, 0.25) is 0 Å². The second-order valence-electron chi connectivity index (χ2n) is 4.99. The Morgan fingerprint density at radius 3 is 1.79 bits per heavy atom. The lowest BCUT2D eigenvalue weighted by molar-refractivity contribution is -0.0544. The molecule has 0 saturated carbocycles. The van der Waals surface area contributed by atoms with E-state index in [1.165, 1.54) is 22.6 Å². The topological polar surface area (TPSA) is 12.4 Å². The Hall–Kier alpha value is -0.590. The number of benzene rings is 1. The number of halogens is 4. The minimum absolute atomic E-state index is 0.134. The summed E-state index contributed by atoms with van der Waals surface area (Å²) in [7, 11) is 0. The predicted octanol–water partition coefficient (Wildman–Crippen LogP) is 5.96. The zero-order valence-electron chi connectivity index (χ0n) is 11.3. The van der Waals surface area contributed by atoms with Crippen LogP contribution in [-0.2, 0) is 0 Å². The van der Waals surface area contributed by atoms with Crippen LogP contribution in [-0.4, -0.2) is 9.89 Å². The molecule has 19 heavy (non-hydrogen) atoms. The lowest BCUT2D eigenvalue weighted by atomic mass is 9.93. The second-order valence-corrected chi connectivity index (χ2v) is 6.02. The number of rotatable bonds is 3. The fraction of sp³-hybridized carbons (Fsp3) is 0.500. The molecule has 1 rings (SSSR count). The molecule has 0 aliphatic rings. The fourth-order valence-corrected chi connectivity index (χ4v) is 2.04. The zero-order chi connectivity index (χ0) is 14.8. The van der Waals surface area contributed by atoms with E-state index < -0.39 is 9.89 Å². The molecule has 0 spiro atoms. The van der Waals surface area contributed by atoms with E-state index in [4.69, 9.17) is 0 Å². The molecule has 0 heterocycles. The third kappa shape index (κ3) is 4.19. The SMILES string of the molecule is CC(C)c1cccc(C(C)C)c1N=C(I)C(F)(F)F. The van der Waals surface area contributed by atoms with E-state index in [0.717, 1.165) is 11.1 Å². The minimum Gasteiger partial charge on any atom is -0.237 e. The van der Waals surface area contributed by atoms with Gasteiger partial charge in [-0.2, -0.15) is 13.2 Å². The smallest absolute Gasteiger partial charge is 0.237 e. The Morgan fingerprint density at radius 1 is 1.05 bits per heavy atom. The summed E-state index contributed by atoms with van der Waals surface area (Å²) in [5.74, 6) is 0.268. The van der Waals surface area contributed by atoms with Crippen molar-refractivity contribution in [3.8, 4) is 0 Å². The molecule has 0 aromatic heterocycles. The van der Waals surface area contributed by atoms with Gasteiger partial charge in [0, 0.05) is 0 Å². The van der Waals surface area contributed by atoms with Gasteiger partial charge in [0.15, 0.2) is 3.72 Å². The van der Waals surface area contributed by atoms with Crippen molar-refractivity contribution in [2.45, 2.75) is 45.7 Å². The van der Waals surface area contributed by atoms with Gasteiger partial charge in [-0.15, -0.1) is 0 Å². The maximum Gasteiger partial charge on any atom is 0.439 e. The van der Waals surface area contributed by atoms with Gasteiger partial charge in [-0.3, -0.25) is 0 Å². The first-order valence-corrected chi connectivity index (χ1v) is 7.16. The Kier molecular flexibility index (Phi) is 5.41. The van der Waals surface area contributed by atoms with Crippen LogP contribution in [0.15, 0.2) is 23.2 Å². The molecule has 0 fully saturated rings. The van der Waals surface area contributed by atoms with Crippen molar-refractivity contribution in [2.24, 2.45) is 4.99 Å². The average Bonchev–Trinajstić information content (AvgIpc) is 2.27. The van der Waals surface area contributed by atoms with Crippen molar-refractivity contribution in [1.82, 2.24) is 0 Å². The number of para-hydroxylation sites is 1. The minimum atomic E-state index is -4.39. The summed E-state index contributed by atoms with van der Waals surface area (Å²) in [5, 5.41) is 0. The quantitative estimate of drug-likeness (QED) is 0.451. The van der Waals surface area contributed by atoms with Gasteiger partial charge in [0.1, 0.15) is 0 Å². The van der Waals surface area contributed by atoms with Crippen LogP contribution in [0.5, 0.6) is 0 Å². The number of nitrogens with zero attached hydrogens (tertiary/aromatic N) is 1. The van der Waals surface area contributed by atoms with Gasteiger partial charge in [0.25, 0.3) is 0 Å². The first-order valence-electron chi connectivity index (χ1n) is 6.08. The number of hydrogen-bond donors (Lipinski definition) is 0. The molecular formula is C14H17F3IN. The fourth-order valence-electron chi connectivity index (χ4n) is 1.80. The van der Waals surface area contributed by atoms with Crippen LogP contribution in [0, 0.1) is 0 Å². The van der Waals surface area contributed by atoms with Gasteiger partial charge in [-0.05, 0) is 45.6 Å². The molecule has 1 nitrogen and oxygen atoms in total. The molecule has 0 radical (unpaired) electrons. The third-order valence-corrected chi connectivity index (χ3v) is 3.64. The summed E-state index contributed by atoms with van der Waals surface area (Å²) < 4.78 is 37.2. The van der Waals surface area contributed by atoms with Crippen LogP contribution in [0.25, 0.3) is 0 Å². The largest absolute Gasteiger partial charge is 0.439 e.